The van der Waals surface area contributed by atoms with Gasteiger partial charge in [-0.15, -0.1) is 0 Å². The van der Waals surface area contributed by atoms with Gasteiger partial charge >= 0.3 is 0 Å². The second-order valence-electron chi connectivity index (χ2n) is 7.34. The highest BCUT2D eigenvalue weighted by atomic mass is 15.1. The molecule has 0 aromatic heterocycles. The predicted molar refractivity (Wildman–Crippen MR) is 103 cm³/mol. The average molecular weight is 322 g/mol. The predicted octanol–water partition coefficient (Wildman–Crippen LogP) is 5.72. The van der Waals surface area contributed by atoms with Crippen LogP contribution in [0.4, 0.5) is 0 Å². The van der Waals surface area contributed by atoms with Gasteiger partial charge < -0.3 is 4.90 Å². The largest absolute Gasteiger partial charge is 0.303 e. The molecule has 2 aromatic rings. The van der Waals surface area contributed by atoms with Crippen LogP contribution in [0.3, 0.4) is 0 Å². The highest BCUT2D eigenvalue weighted by molar-refractivity contribution is 5.33. The van der Waals surface area contributed by atoms with Crippen LogP contribution < -0.4 is 0 Å². The molecule has 0 unspecified atom stereocenters. The van der Waals surface area contributed by atoms with E-state index in [1.54, 1.807) is 0 Å². The van der Waals surface area contributed by atoms with E-state index in [4.69, 9.17) is 0 Å². The van der Waals surface area contributed by atoms with Gasteiger partial charge in [-0.25, -0.2) is 0 Å². The lowest BCUT2D eigenvalue weighted by Gasteiger charge is -2.32. The van der Waals surface area contributed by atoms with Crippen LogP contribution in [0.25, 0.3) is 0 Å². The molecule has 0 N–H and O–H groups in total. The Morgan fingerprint density at radius 2 is 1.17 bits per heavy atom. The smallest absolute Gasteiger partial charge is 0.0127 e. The zero-order valence-corrected chi connectivity index (χ0v) is 15.0. The molecule has 24 heavy (non-hydrogen) atoms. The van der Waals surface area contributed by atoms with Crippen molar-refractivity contribution < 1.29 is 0 Å². The minimum atomic E-state index is 0.484. The minimum absolute atomic E-state index is 0.484. The third-order valence-electron chi connectivity index (χ3n) is 5.38. The number of hydrogen-bond donors (Lipinski definition) is 0. The number of likely N-dealkylation sites (tertiary alicyclic amines) is 1. The third kappa shape index (κ3) is 4.70. The SMILES string of the molecule is C[C@@H](CN1CCCCCCC1)C(c1ccccc1)c1ccccc1. The van der Waals surface area contributed by atoms with Gasteiger partial charge in [0.1, 0.15) is 0 Å². The molecule has 1 saturated heterocycles. The summed E-state index contributed by atoms with van der Waals surface area (Å²) in [6, 6.07) is 22.1. The third-order valence-corrected chi connectivity index (χ3v) is 5.38. The minimum Gasteiger partial charge on any atom is -0.303 e. The van der Waals surface area contributed by atoms with Gasteiger partial charge in [0, 0.05) is 12.5 Å². The molecular formula is C23H31N. The Morgan fingerprint density at radius 3 is 1.67 bits per heavy atom. The van der Waals surface area contributed by atoms with Gasteiger partial charge in [-0.3, -0.25) is 0 Å². The Hall–Kier alpha value is -1.60. The maximum atomic E-state index is 2.71. The van der Waals surface area contributed by atoms with Crippen molar-refractivity contribution in [2.75, 3.05) is 19.6 Å². The molecule has 1 nitrogen and oxygen atoms in total. The first-order valence-electron chi connectivity index (χ1n) is 9.67. The molecule has 0 aliphatic carbocycles. The van der Waals surface area contributed by atoms with Crippen LogP contribution in [0.1, 0.15) is 56.1 Å². The lowest BCUT2D eigenvalue weighted by molar-refractivity contribution is 0.210. The molecule has 1 heteroatoms. The number of nitrogens with zero attached hydrogens (tertiary/aromatic N) is 1. The second kappa shape index (κ2) is 9.03. The Balaban J connectivity index is 1.77. The van der Waals surface area contributed by atoms with Crippen LogP contribution in [0, 0.1) is 5.92 Å². The maximum Gasteiger partial charge on any atom is 0.0127 e. The lowest BCUT2D eigenvalue weighted by Crippen LogP contribution is -2.33. The molecule has 0 bridgehead atoms. The van der Waals surface area contributed by atoms with Gasteiger partial charge in [-0.2, -0.15) is 0 Å². The van der Waals surface area contributed by atoms with E-state index in [-0.39, 0.29) is 0 Å². The molecule has 0 radical (unpaired) electrons. The summed E-state index contributed by atoms with van der Waals surface area (Å²) in [5.41, 5.74) is 2.89. The van der Waals surface area contributed by atoms with Gasteiger partial charge in [-0.05, 0) is 43.0 Å². The molecular weight excluding hydrogens is 290 g/mol. The van der Waals surface area contributed by atoms with Crippen molar-refractivity contribution in [1.82, 2.24) is 4.90 Å². The van der Waals surface area contributed by atoms with E-state index in [1.165, 1.54) is 62.9 Å². The highest BCUT2D eigenvalue weighted by Crippen LogP contribution is 2.32. The summed E-state index contributed by atoms with van der Waals surface area (Å²) < 4.78 is 0. The van der Waals surface area contributed by atoms with Crippen LogP contribution in [-0.4, -0.2) is 24.5 Å². The topological polar surface area (TPSA) is 3.24 Å². The quantitative estimate of drug-likeness (QED) is 0.680. The van der Waals surface area contributed by atoms with E-state index in [9.17, 15) is 0 Å². The van der Waals surface area contributed by atoms with Crippen molar-refractivity contribution in [3.8, 4) is 0 Å². The Kier molecular flexibility index (Phi) is 6.48. The summed E-state index contributed by atoms with van der Waals surface area (Å²) >= 11 is 0. The first-order chi connectivity index (χ1) is 11.8. The van der Waals surface area contributed by atoms with Gasteiger partial charge in [-0.1, -0.05) is 86.8 Å². The number of hydrogen-bond acceptors (Lipinski definition) is 1. The Morgan fingerprint density at radius 1 is 0.708 bits per heavy atom. The Bertz CT molecular complexity index is 530. The van der Waals surface area contributed by atoms with Crippen molar-refractivity contribution in [2.24, 2.45) is 5.92 Å². The summed E-state index contributed by atoms with van der Waals surface area (Å²) in [6.07, 6.45) is 6.99. The van der Waals surface area contributed by atoms with E-state index in [2.05, 4.69) is 72.5 Å². The van der Waals surface area contributed by atoms with Gasteiger partial charge in [0.2, 0.25) is 0 Å². The average Bonchev–Trinajstić information content (AvgIpc) is 2.59. The van der Waals surface area contributed by atoms with Crippen molar-refractivity contribution in [2.45, 2.75) is 44.9 Å². The first-order valence-corrected chi connectivity index (χ1v) is 9.67. The number of benzene rings is 2. The van der Waals surface area contributed by atoms with Crippen molar-refractivity contribution in [3.63, 3.8) is 0 Å². The lowest BCUT2D eigenvalue weighted by atomic mass is 9.81. The molecule has 2 aromatic carbocycles. The van der Waals surface area contributed by atoms with Crippen molar-refractivity contribution in [1.29, 1.82) is 0 Å². The van der Waals surface area contributed by atoms with E-state index < -0.39 is 0 Å². The molecule has 1 aliphatic rings. The van der Waals surface area contributed by atoms with Crippen LogP contribution in [-0.2, 0) is 0 Å². The van der Waals surface area contributed by atoms with Crippen LogP contribution >= 0.6 is 0 Å². The van der Waals surface area contributed by atoms with Gasteiger partial charge in [0.15, 0.2) is 0 Å². The van der Waals surface area contributed by atoms with E-state index in [0.717, 1.165) is 0 Å². The van der Waals surface area contributed by atoms with Crippen LogP contribution in [0.15, 0.2) is 60.7 Å². The van der Waals surface area contributed by atoms with Crippen LogP contribution in [0.2, 0.25) is 0 Å². The summed E-state index contributed by atoms with van der Waals surface area (Å²) in [5, 5.41) is 0. The molecule has 0 amide bonds. The zero-order chi connectivity index (χ0) is 16.6. The van der Waals surface area contributed by atoms with E-state index >= 15 is 0 Å². The zero-order valence-electron chi connectivity index (χ0n) is 15.0. The monoisotopic (exact) mass is 321 g/mol. The molecule has 1 atom stereocenters. The number of rotatable bonds is 5. The molecule has 0 saturated carbocycles. The summed E-state index contributed by atoms with van der Waals surface area (Å²) in [7, 11) is 0. The fourth-order valence-corrected chi connectivity index (χ4v) is 4.18. The fourth-order valence-electron chi connectivity index (χ4n) is 4.18. The summed E-state index contributed by atoms with van der Waals surface area (Å²) in [4.78, 5) is 2.71. The standard InChI is InChI=1S/C23H31N/c1-20(19-24-17-11-3-2-4-12-18-24)23(21-13-7-5-8-14-21)22-15-9-6-10-16-22/h5-10,13-16,20,23H,2-4,11-12,17-19H2,1H3/t20-/m0/s1. The van der Waals surface area contributed by atoms with E-state index in [0.29, 0.717) is 11.8 Å². The van der Waals surface area contributed by atoms with Crippen molar-refractivity contribution >= 4 is 0 Å². The fraction of sp³-hybridized carbons (Fsp3) is 0.478. The molecule has 1 aliphatic heterocycles. The summed E-state index contributed by atoms with van der Waals surface area (Å²) in [5.74, 6) is 1.10. The van der Waals surface area contributed by atoms with Crippen molar-refractivity contribution in [3.05, 3.63) is 71.8 Å². The molecule has 1 fully saturated rings. The normalized spacial score (nSPS) is 18.1. The van der Waals surface area contributed by atoms with Gasteiger partial charge in [0.05, 0.1) is 0 Å². The maximum absolute atomic E-state index is 2.71. The first kappa shape index (κ1) is 17.2. The Labute approximate surface area is 147 Å². The summed E-state index contributed by atoms with van der Waals surface area (Å²) in [6.45, 7) is 6.19. The van der Waals surface area contributed by atoms with Crippen LogP contribution in [0.5, 0.6) is 0 Å². The molecule has 1 heterocycles. The van der Waals surface area contributed by atoms with E-state index in [1.807, 2.05) is 0 Å². The molecule has 3 rings (SSSR count). The van der Waals surface area contributed by atoms with Gasteiger partial charge in [0.25, 0.3) is 0 Å². The highest BCUT2D eigenvalue weighted by Gasteiger charge is 2.23. The molecule has 0 spiro atoms. The second-order valence-corrected chi connectivity index (χ2v) is 7.34. The molecule has 128 valence electrons.